The van der Waals surface area contributed by atoms with Gasteiger partial charge in [-0.25, -0.2) is 4.98 Å². The molecule has 3 heterocycles. The van der Waals surface area contributed by atoms with Crippen molar-refractivity contribution in [2.45, 2.75) is 44.2 Å². The van der Waals surface area contributed by atoms with Gasteiger partial charge in [-0.05, 0) is 19.3 Å². The van der Waals surface area contributed by atoms with Crippen molar-refractivity contribution in [3.63, 3.8) is 0 Å². The van der Waals surface area contributed by atoms with E-state index < -0.39 is 0 Å². The maximum Gasteiger partial charge on any atom is 0.114 e. The Hall–Kier alpha value is -0.870. The number of rotatable bonds is 1. The van der Waals surface area contributed by atoms with Crippen molar-refractivity contribution in [3.05, 3.63) is 17.7 Å². The average Bonchev–Trinajstić information content (AvgIpc) is 2.73. The summed E-state index contributed by atoms with van der Waals surface area (Å²) in [7, 11) is 0. The lowest BCUT2D eigenvalue weighted by atomic mass is 10.00. The predicted octanol–water partition coefficient (Wildman–Crippen LogP) is 1.05. The Morgan fingerprint density at radius 1 is 1.44 bits per heavy atom. The smallest absolute Gasteiger partial charge is 0.114 e. The molecule has 0 spiro atoms. The van der Waals surface area contributed by atoms with Crippen molar-refractivity contribution in [2.75, 3.05) is 13.2 Å². The second-order valence-electron chi connectivity index (χ2n) is 4.93. The standard InChI is InChI=1S/C12H19N3O/c13-10-3-4-15-11(6-10)7-14-12(15)9-2-1-5-16-8-9/h7,9-10H,1-6,8,13H2. The Balaban J connectivity index is 1.85. The van der Waals surface area contributed by atoms with E-state index in [4.69, 9.17) is 10.5 Å². The Labute approximate surface area is 95.8 Å². The molecule has 2 aliphatic heterocycles. The molecule has 0 bridgehead atoms. The van der Waals surface area contributed by atoms with Gasteiger partial charge in [0, 0.05) is 43.4 Å². The molecule has 1 saturated heterocycles. The van der Waals surface area contributed by atoms with Crippen LogP contribution >= 0.6 is 0 Å². The zero-order valence-corrected chi connectivity index (χ0v) is 9.56. The number of nitrogens with two attached hydrogens (primary N) is 1. The van der Waals surface area contributed by atoms with Crippen LogP contribution in [0.25, 0.3) is 0 Å². The van der Waals surface area contributed by atoms with Crippen LogP contribution in [0.2, 0.25) is 0 Å². The Morgan fingerprint density at radius 3 is 3.19 bits per heavy atom. The highest BCUT2D eigenvalue weighted by atomic mass is 16.5. The molecule has 4 heteroatoms. The number of ether oxygens (including phenoxy) is 1. The molecule has 1 fully saturated rings. The summed E-state index contributed by atoms with van der Waals surface area (Å²) < 4.78 is 7.90. The maximum absolute atomic E-state index is 5.97. The molecule has 88 valence electrons. The average molecular weight is 221 g/mol. The fraction of sp³-hybridized carbons (Fsp3) is 0.750. The molecular weight excluding hydrogens is 202 g/mol. The third-order valence-corrected chi connectivity index (χ3v) is 3.69. The normalized spacial score (nSPS) is 30.1. The van der Waals surface area contributed by atoms with E-state index in [0.717, 1.165) is 39.0 Å². The molecule has 2 N–H and O–H groups in total. The van der Waals surface area contributed by atoms with Crippen molar-refractivity contribution in [3.8, 4) is 0 Å². The fourth-order valence-electron chi connectivity index (χ4n) is 2.78. The monoisotopic (exact) mass is 221 g/mol. The van der Waals surface area contributed by atoms with Gasteiger partial charge in [-0.1, -0.05) is 0 Å². The summed E-state index contributed by atoms with van der Waals surface area (Å²) in [5.74, 6) is 1.72. The zero-order chi connectivity index (χ0) is 11.0. The first-order valence-corrected chi connectivity index (χ1v) is 6.22. The van der Waals surface area contributed by atoms with Gasteiger partial charge in [0.2, 0.25) is 0 Å². The molecule has 0 aromatic carbocycles. The molecule has 1 aromatic rings. The number of imidazole rings is 1. The van der Waals surface area contributed by atoms with Gasteiger partial charge in [0.25, 0.3) is 0 Å². The van der Waals surface area contributed by atoms with Crippen LogP contribution in [0.3, 0.4) is 0 Å². The number of hydrogen-bond donors (Lipinski definition) is 1. The molecule has 0 amide bonds. The predicted molar refractivity (Wildman–Crippen MR) is 61.3 cm³/mol. The Morgan fingerprint density at radius 2 is 2.38 bits per heavy atom. The molecule has 1 aromatic heterocycles. The summed E-state index contributed by atoms with van der Waals surface area (Å²) in [6, 6.07) is 0.319. The Kier molecular flexibility index (Phi) is 2.69. The molecule has 16 heavy (non-hydrogen) atoms. The summed E-state index contributed by atoms with van der Waals surface area (Å²) in [5, 5.41) is 0. The molecule has 2 aliphatic rings. The van der Waals surface area contributed by atoms with Crippen molar-refractivity contribution < 1.29 is 4.74 Å². The quantitative estimate of drug-likeness (QED) is 0.771. The molecule has 2 atom stereocenters. The number of fused-ring (bicyclic) bond motifs is 1. The van der Waals surface area contributed by atoms with Crippen LogP contribution in [0.5, 0.6) is 0 Å². The van der Waals surface area contributed by atoms with E-state index in [2.05, 4.69) is 9.55 Å². The second kappa shape index (κ2) is 4.18. The van der Waals surface area contributed by atoms with Crippen LogP contribution in [0.15, 0.2) is 6.20 Å². The van der Waals surface area contributed by atoms with Crippen LogP contribution in [-0.2, 0) is 17.7 Å². The first-order chi connectivity index (χ1) is 7.84. The second-order valence-corrected chi connectivity index (χ2v) is 4.93. The molecule has 3 rings (SSSR count). The van der Waals surface area contributed by atoms with Crippen molar-refractivity contribution >= 4 is 0 Å². The topological polar surface area (TPSA) is 53.1 Å². The van der Waals surface area contributed by atoms with E-state index in [9.17, 15) is 0 Å². The first-order valence-electron chi connectivity index (χ1n) is 6.22. The number of hydrogen-bond acceptors (Lipinski definition) is 3. The lowest BCUT2D eigenvalue weighted by molar-refractivity contribution is 0.0767. The van der Waals surface area contributed by atoms with Crippen molar-refractivity contribution in [1.29, 1.82) is 0 Å². The van der Waals surface area contributed by atoms with Crippen LogP contribution in [0.1, 0.15) is 36.7 Å². The van der Waals surface area contributed by atoms with E-state index in [1.165, 1.54) is 17.9 Å². The van der Waals surface area contributed by atoms with Gasteiger partial charge in [-0.15, -0.1) is 0 Å². The van der Waals surface area contributed by atoms with Crippen LogP contribution in [-0.4, -0.2) is 28.8 Å². The van der Waals surface area contributed by atoms with Crippen LogP contribution < -0.4 is 5.73 Å². The molecule has 4 nitrogen and oxygen atoms in total. The van der Waals surface area contributed by atoms with Crippen molar-refractivity contribution in [1.82, 2.24) is 9.55 Å². The number of nitrogens with zero attached hydrogens (tertiary/aromatic N) is 2. The van der Waals surface area contributed by atoms with Crippen molar-refractivity contribution in [2.24, 2.45) is 5.73 Å². The maximum atomic E-state index is 5.97. The highest BCUT2D eigenvalue weighted by Crippen LogP contribution is 2.27. The minimum Gasteiger partial charge on any atom is -0.381 e. The van der Waals surface area contributed by atoms with Crippen LogP contribution in [0.4, 0.5) is 0 Å². The van der Waals surface area contributed by atoms with E-state index in [1.54, 1.807) is 0 Å². The first kappa shape index (κ1) is 10.3. The van der Waals surface area contributed by atoms with E-state index in [0.29, 0.717) is 12.0 Å². The minimum atomic E-state index is 0.319. The zero-order valence-electron chi connectivity index (χ0n) is 9.56. The van der Waals surface area contributed by atoms with E-state index in [-0.39, 0.29) is 0 Å². The molecule has 0 aliphatic carbocycles. The van der Waals surface area contributed by atoms with Gasteiger partial charge in [0.05, 0.1) is 6.61 Å². The highest BCUT2D eigenvalue weighted by Gasteiger charge is 2.25. The summed E-state index contributed by atoms with van der Waals surface area (Å²) >= 11 is 0. The fourth-order valence-corrected chi connectivity index (χ4v) is 2.78. The van der Waals surface area contributed by atoms with Gasteiger partial charge in [-0.3, -0.25) is 0 Å². The molecule has 0 radical (unpaired) electrons. The van der Waals surface area contributed by atoms with E-state index >= 15 is 0 Å². The van der Waals surface area contributed by atoms with Gasteiger partial charge in [0.1, 0.15) is 5.82 Å². The SMILES string of the molecule is NC1CCn2c(cnc2C2CCCOC2)C1. The van der Waals surface area contributed by atoms with Gasteiger partial charge >= 0.3 is 0 Å². The summed E-state index contributed by atoms with van der Waals surface area (Å²) in [5.41, 5.74) is 7.28. The van der Waals surface area contributed by atoms with Gasteiger partial charge in [0.15, 0.2) is 0 Å². The van der Waals surface area contributed by atoms with Gasteiger partial charge < -0.3 is 15.0 Å². The lowest BCUT2D eigenvalue weighted by Crippen LogP contribution is -2.32. The number of aromatic nitrogens is 2. The third kappa shape index (κ3) is 1.76. The van der Waals surface area contributed by atoms with Crippen LogP contribution in [0, 0.1) is 0 Å². The lowest BCUT2D eigenvalue weighted by Gasteiger charge is -2.26. The third-order valence-electron chi connectivity index (χ3n) is 3.69. The molecular formula is C12H19N3O. The molecule has 0 saturated carbocycles. The highest BCUT2D eigenvalue weighted by molar-refractivity contribution is 5.13. The van der Waals surface area contributed by atoms with E-state index in [1.807, 2.05) is 6.20 Å². The minimum absolute atomic E-state index is 0.319. The summed E-state index contributed by atoms with van der Waals surface area (Å²) in [6.07, 6.45) is 6.42. The summed E-state index contributed by atoms with van der Waals surface area (Å²) in [6.45, 7) is 2.78. The summed E-state index contributed by atoms with van der Waals surface area (Å²) in [4.78, 5) is 4.58. The molecule has 2 unspecified atom stereocenters. The van der Waals surface area contributed by atoms with Gasteiger partial charge in [-0.2, -0.15) is 0 Å². The Bertz CT molecular complexity index is 368. The largest absolute Gasteiger partial charge is 0.381 e.